The van der Waals surface area contributed by atoms with E-state index < -0.39 is 11.0 Å². The van der Waals surface area contributed by atoms with Gasteiger partial charge in [0.1, 0.15) is 5.69 Å². The highest BCUT2D eigenvalue weighted by molar-refractivity contribution is 5.99. The molecule has 1 heterocycles. The number of hydrogen-bond acceptors (Lipinski definition) is 5. The molecule has 0 radical (unpaired) electrons. The molecule has 0 fully saturated rings. The normalized spacial score (nSPS) is 12.0. The average molecular weight is 318 g/mol. The Morgan fingerprint density at radius 2 is 2.09 bits per heavy atom. The third-order valence-electron chi connectivity index (χ3n) is 3.27. The maximum Gasteiger partial charge on any atom is 0.269 e. The zero-order valence-electron chi connectivity index (χ0n) is 12.9. The minimum absolute atomic E-state index is 0.0207. The van der Waals surface area contributed by atoms with Gasteiger partial charge in [-0.3, -0.25) is 19.6 Å². The fourth-order valence-corrected chi connectivity index (χ4v) is 2.10. The van der Waals surface area contributed by atoms with Crippen LogP contribution in [0.1, 0.15) is 23.7 Å². The SMILES string of the molecule is CC(O)CCNC(=O)c1cn(C)nc1-c1ccc([N+](=O)[O-])cc1. The van der Waals surface area contributed by atoms with Crippen LogP contribution in [0, 0.1) is 10.1 Å². The van der Waals surface area contributed by atoms with Crippen molar-refractivity contribution in [1.82, 2.24) is 15.1 Å². The zero-order valence-corrected chi connectivity index (χ0v) is 12.9. The van der Waals surface area contributed by atoms with Crippen LogP contribution in [0.15, 0.2) is 30.5 Å². The van der Waals surface area contributed by atoms with Gasteiger partial charge in [0.2, 0.25) is 0 Å². The Morgan fingerprint density at radius 3 is 2.65 bits per heavy atom. The number of aryl methyl sites for hydroxylation is 1. The number of hydrogen-bond donors (Lipinski definition) is 2. The van der Waals surface area contributed by atoms with E-state index in [9.17, 15) is 20.0 Å². The van der Waals surface area contributed by atoms with Gasteiger partial charge in [-0.1, -0.05) is 0 Å². The number of nitrogens with zero attached hydrogens (tertiary/aromatic N) is 3. The first-order valence-corrected chi connectivity index (χ1v) is 7.13. The monoisotopic (exact) mass is 318 g/mol. The Balaban J connectivity index is 2.22. The van der Waals surface area contributed by atoms with E-state index >= 15 is 0 Å². The number of aromatic nitrogens is 2. The molecule has 0 bridgehead atoms. The van der Waals surface area contributed by atoms with Gasteiger partial charge in [-0.2, -0.15) is 5.10 Å². The first kappa shape index (κ1) is 16.6. The predicted molar refractivity (Wildman–Crippen MR) is 83.9 cm³/mol. The fraction of sp³-hybridized carbons (Fsp3) is 0.333. The average Bonchev–Trinajstić information content (AvgIpc) is 2.89. The first-order chi connectivity index (χ1) is 10.9. The van der Waals surface area contributed by atoms with Gasteiger partial charge < -0.3 is 10.4 Å². The number of aliphatic hydroxyl groups is 1. The molecule has 0 saturated heterocycles. The Bertz CT molecular complexity index is 707. The lowest BCUT2D eigenvalue weighted by atomic mass is 10.1. The maximum atomic E-state index is 12.3. The largest absolute Gasteiger partial charge is 0.393 e. The summed E-state index contributed by atoms with van der Waals surface area (Å²) in [5, 5.41) is 26.9. The molecule has 1 unspecified atom stereocenters. The molecule has 0 aliphatic carbocycles. The minimum atomic E-state index is -0.488. The molecular weight excluding hydrogens is 300 g/mol. The van der Waals surface area contributed by atoms with Crippen LogP contribution in [0.25, 0.3) is 11.3 Å². The quantitative estimate of drug-likeness (QED) is 0.619. The van der Waals surface area contributed by atoms with Gasteiger partial charge in [0, 0.05) is 37.5 Å². The molecule has 1 aromatic carbocycles. The van der Waals surface area contributed by atoms with E-state index in [1.165, 1.54) is 16.8 Å². The summed E-state index contributed by atoms with van der Waals surface area (Å²) in [6, 6.07) is 5.87. The zero-order chi connectivity index (χ0) is 17.0. The van der Waals surface area contributed by atoms with Crippen molar-refractivity contribution < 1.29 is 14.8 Å². The van der Waals surface area contributed by atoms with E-state index in [-0.39, 0.29) is 11.6 Å². The summed E-state index contributed by atoms with van der Waals surface area (Å²) in [6.45, 7) is 2.00. The van der Waals surface area contributed by atoms with Gasteiger partial charge in [0.05, 0.1) is 16.6 Å². The summed E-state index contributed by atoms with van der Waals surface area (Å²) in [4.78, 5) is 22.5. The second kappa shape index (κ2) is 7.01. The number of benzene rings is 1. The van der Waals surface area contributed by atoms with Crippen LogP contribution >= 0.6 is 0 Å². The second-order valence-electron chi connectivity index (χ2n) is 5.26. The molecule has 8 nitrogen and oxygen atoms in total. The van der Waals surface area contributed by atoms with E-state index in [4.69, 9.17) is 0 Å². The van der Waals surface area contributed by atoms with E-state index in [2.05, 4.69) is 10.4 Å². The lowest BCUT2D eigenvalue weighted by Gasteiger charge is -2.07. The van der Waals surface area contributed by atoms with Gasteiger partial charge in [-0.15, -0.1) is 0 Å². The van der Waals surface area contributed by atoms with Gasteiger partial charge >= 0.3 is 0 Å². The molecule has 1 amide bonds. The smallest absolute Gasteiger partial charge is 0.269 e. The van der Waals surface area contributed by atoms with Crippen molar-refractivity contribution >= 4 is 11.6 Å². The summed E-state index contributed by atoms with van der Waals surface area (Å²) in [5.74, 6) is -0.299. The molecule has 0 spiro atoms. The summed E-state index contributed by atoms with van der Waals surface area (Å²) < 4.78 is 1.51. The summed E-state index contributed by atoms with van der Waals surface area (Å²) in [6.07, 6.45) is 1.56. The minimum Gasteiger partial charge on any atom is -0.393 e. The third kappa shape index (κ3) is 4.13. The molecule has 2 rings (SSSR count). The molecule has 0 aliphatic rings. The van der Waals surface area contributed by atoms with Crippen LogP contribution in [-0.2, 0) is 7.05 Å². The van der Waals surface area contributed by atoms with Crippen molar-refractivity contribution in [2.75, 3.05) is 6.54 Å². The highest BCUT2D eigenvalue weighted by Gasteiger charge is 2.17. The number of nitro benzene ring substituents is 1. The van der Waals surface area contributed by atoms with Gasteiger partial charge in [-0.05, 0) is 25.5 Å². The van der Waals surface area contributed by atoms with Crippen molar-refractivity contribution in [2.45, 2.75) is 19.4 Å². The molecular formula is C15H18N4O4. The van der Waals surface area contributed by atoms with Crippen molar-refractivity contribution in [3.63, 3.8) is 0 Å². The molecule has 8 heteroatoms. The van der Waals surface area contributed by atoms with Crippen LogP contribution in [0.2, 0.25) is 0 Å². The summed E-state index contributed by atoms with van der Waals surface area (Å²) in [7, 11) is 1.70. The molecule has 2 aromatic rings. The van der Waals surface area contributed by atoms with Crippen LogP contribution in [0.5, 0.6) is 0 Å². The number of carbonyl (C=O) groups is 1. The van der Waals surface area contributed by atoms with Crippen molar-refractivity contribution in [3.05, 3.63) is 46.1 Å². The van der Waals surface area contributed by atoms with E-state index in [1.54, 1.807) is 32.3 Å². The highest BCUT2D eigenvalue weighted by Crippen LogP contribution is 2.24. The lowest BCUT2D eigenvalue weighted by Crippen LogP contribution is -2.26. The maximum absolute atomic E-state index is 12.3. The predicted octanol–water partition coefficient (Wildman–Crippen LogP) is 1.50. The molecule has 122 valence electrons. The Labute approximate surface area is 132 Å². The number of nitrogens with one attached hydrogen (secondary N) is 1. The van der Waals surface area contributed by atoms with Crippen molar-refractivity contribution in [1.29, 1.82) is 0 Å². The van der Waals surface area contributed by atoms with Gasteiger partial charge in [0.25, 0.3) is 11.6 Å². The van der Waals surface area contributed by atoms with Crippen LogP contribution in [0.4, 0.5) is 5.69 Å². The van der Waals surface area contributed by atoms with Gasteiger partial charge in [0.15, 0.2) is 0 Å². The Kier molecular flexibility index (Phi) is 5.07. The number of nitro groups is 1. The molecule has 0 saturated carbocycles. The van der Waals surface area contributed by atoms with E-state index in [0.717, 1.165) is 0 Å². The standard InChI is InChI=1S/C15H18N4O4/c1-10(20)7-8-16-15(21)13-9-18(2)17-14(13)11-3-5-12(6-4-11)19(22)23/h3-6,9-10,20H,7-8H2,1-2H3,(H,16,21). The van der Waals surface area contributed by atoms with E-state index in [0.29, 0.717) is 29.8 Å². The number of amides is 1. The van der Waals surface area contributed by atoms with Crippen LogP contribution < -0.4 is 5.32 Å². The summed E-state index contributed by atoms with van der Waals surface area (Å²) >= 11 is 0. The fourth-order valence-electron chi connectivity index (χ4n) is 2.10. The number of non-ortho nitro benzene ring substituents is 1. The third-order valence-corrected chi connectivity index (χ3v) is 3.27. The number of rotatable bonds is 6. The Morgan fingerprint density at radius 1 is 1.43 bits per heavy atom. The van der Waals surface area contributed by atoms with Crippen molar-refractivity contribution in [2.24, 2.45) is 7.05 Å². The van der Waals surface area contributed by atoms with E-state index in [1.807, 2.05) is 0 Å². The first-order valence-electron chi connectivity index (χ1n) is 7.13. The number of carbonyl (C=O) groups excluding carboxylic acids is 1. The van der Waals surface area contributed by atoms with Gasteiger partial charge in [-0.25, -0.2) is 0 Å². The Hall–Kier alpha value is -2.74. The molecule has 1 aromatic heterocycles. The topological polar surface area (TPSA) is 110 Å². The van der Waals surface area contributed by atoms with Crippen molar-refractivity contribution in [3.8, 4) is 11.3 Å². The van der Waals surface area contributed by atoms with Crippen LogP contribution in [-0.4, -0.2) is 38.4 Å². The molecule has 2 N–H and O–H groups in total. The molecule has 0 aliphatic heterocycles. The lowest BCUT2D eigenvalue weighted by molar-refractivity contribution is -0.384. The van der Waals surface area contributed by atoms with Crippen LogP contribution in [0.3, 0.4) is 0 Å². The summed E-state index contributed by atoms with van der Waals surface area (Å²) in [5.41, 5.74) is 1.44. The molecule has 1 atom stereocenters. The molecule has 23 heavy (non-hydrogen) atoms. The highest BCUT2D eigenvalue weighted by atomic mass is 16.6. The second-order valence-corrected chi connectivity index (χ2v) is 5.26. The number of aliphatic hydroxyl groups excluding tert-OH is 1.